The molecular formula is C10H9N3O2. The first kappa shape index (κ1) is 9.39. The zero-order valence-corrected chi connectivity index (χ0v) is 8.08. The lowest BCUT2D eigenvalue weighted by atomic mass is 10.2. The van der Waals surface area contributed by atoms with Crippen molar-refractivity contribution in [2.75, 3.05) is 0 Å². The molecule has 0 amide bonds. The predicted octanol–water partition coefficient (Wildman–Crippen LogP) is 1.27. The van der Waals surface area contributed by atoms with Crippen molar-refractivity contribution in [1.82, 2.24) is 15.0 Å². The maximum absolute atomic E-state index is 10.6. The number of hydrogen-bond donors (Lipinski definition) is 1. The zero-order chi connectivity index (χ0) is 10.8. The molecular weight excluding hydrogens is 194 g/mol. The van der Waals surface area contributed by atoms with E-state index in [9.17, 15) is 4.79 Å². The van der Waals surface area contributed by atoms with Crippen LogP contribution in [0.15, 0.2) is 30.5 Å². The van der Waals surface area contributed by atoms with Gasteiger partial charge in [0.2, 0.25) is 0 Å². The largest absolute Gasteiger partial charge is 0.478 e. The molecule has 1 aromatic carbocycles. The molecule has 1 aromatic heterocycles. The van der Waals surface area contributed by atoms with Crippen LogP contribution in [-0.2, 0) is 0 Å². The van der Waals surface area contributed by atoms with Crippen LogP contribution in [0.2, 0.25) is 0 Å². The van der Waals surface area contributed by atoms with Gasteiger partial charge in [-0.05, 0) is 31.2 Å². The van der Waals surface area contributed by atoms with Crippen molar-refractivity contribution < 1.29 is 9.90 Å². The first-order chi connectivity index (χ1) is 7.16. The summed E-state index contributed by atoms with van der Waals surface area (Å²) in [6, 6.07) is 6.46. The Morgan fingerprint density at radius 3 is 2.47 bits per heavy atom. The highest BCUT2D eigenvalue weighted by Gasteiger charge is 2.03. The Hall–Kier alpha value is -2.17. The third kappa shape index (κ3) is 1.85. The van der Waals surface area contributed by atoms with E-state index in [0.717, 1.165) is 11.4 Å². The number of carboxylic acid groups (broad SMARTS) is 1. The Bertz CT molecular complexity index is 488. The Morgan fingerprint density at radius 2 is 2.00 bits per heavy atom. The molecule has 0 aliphatic carbocycles. The molecule has 5 heteroatoms. The average Bonchev–Trinajstić information content (AvgIpc) is 2.65. The first-order valence-corrected chi connectivity index (χ1v) is 4.39. The molecule has 0 saturated carbocycles. The summed E-state index contributed by atoms with van der Waals surface area (Å²) in [5, 5.41) is 16.4. The third-order valence-corrected chi connectivity index (χ3v) is 1.99. The second-order valence-electron chi connectivity index (χ2n) is 3.16. The molecule has 0 aliphatic rings. The first-order valence-electron chi connectivity index (χ1n) is 4.39. The number of carboxylic acids is 1. The maximum atomic E-state index is 10.6. The molecule has 15 heavy (non-hydrogen) atoms. The highest BCUT2D eigenvalue weighted by molar-refractivity contribution is 5.87. The van der Waals surface area contributed by atoms with Gasteiger partial charge in [0, 0.05) is 0 Å². The number of nitrogens with zero attached hydrogens (tertiary/aromatic N) is 3. The number of benzene rings is 1. The van der Waals surface area contributed by atoms with Gasteiger partial charge in [-0.15, -0.1) is 5.10 Å². The van der Waals surface area contributed by atoms with Crippen molar-refractivity contribution in [3.05, 3.63) is 41.7 Å². The summed E-state index contributed by atoms with van der Waals surface area (Å²) in [5.74, 6) is -0.934. The summed E-state index contributed by atoms with van der Waals surface area (Å²) < 4.78 is 1.60. The molecule has 0 fully saturated rings. The fourth-order valence-electron chi connectivity index (χ4n) is 1.23. The minimum atomic E-state index is -0.934. The van der Waals surface area contributed by atoms with Gasteiger partial charge < -0.3 is 5.11 Å². The van der Waals surface area contributed by atoms with E-state index < -0.39 is 5.97 Å². The smallest absolute Gasteiger partial charge is 0.335 e. The molecule has 0 spiro atoms. The normalized spacial score (nSPS) is 10.2. The van der Waals surface area contributed by atoms with E-state index in [1.165, 1.54) is 12.1 Å². The minimum absolute atomic E-state index is 0.260. The number of carbonyl (C=O) groups is 1. The monoisotopic (exact) mass is 203 g/mol. The fraction of sp³-hybridized carbons (Fsp3) is 0.100. The van der Waals surface area contributed by atoms with Crippen LogP contribution < -0.4 is 0 Å². The SMILES string of the molecule is Cc1cn(-c2ccc(C(=O)O)cc2)nn1. The summed E-state index contributed by atoms with van der Waals surface area (Å²) in [5.41, 5.74) is 1.87. The number of aryl methyl sites for hydroxylation is 1. The van der Waals surface area contributed by atoms with Crippen LogP contribution in [0, 0.1) is 6.92 Å². The van der Waals surface area contributed by atoms with E-state index in [1.54, 1.807) is 23.0 Å². The summed E-state index contributed by atoms with van der Waals surface area (Å²) >= 11 is 0. The quantitative estimate of drug-likeness (QED) is 0.798. The Kier molecular flexibility index (Phi) is 2.21. The Morgan fingerprint density at radius 1 is 1.33 bits per heavy atom. The van der Waals surface area contributed by atoms with Gasteiger partial charge in [0.25, 0.3) is 0 Å². The van der Waals surface area contributed by atoms with Crippen LogP contribution in [0.1, 0.15) is 16.1 Å². The second-order valence-corrected chi connectivity index (χ2v) is 3.16. The van der Waals surface area contributed by atoms with Crippen molar-refractivity contribution in [1.29, 1.82) is 0 Å². The van der Waals surface area contributed by atoms with E-state index in [-0.39, 0.29) is 5.56 Å². The molecule has 0 saturated heterocycles. The molecule has 0 aliphatic heterocycles. The summed E-state index contributed by atoms with van der Waals surface area (Å²) in [6.07, 6.45) is 1.77. The van der Waals surface area contributed by atoms with Crippen LogP contribution in [0.3, 0.4) is 0 Å². The highest BCUT2D eigenvalue weighted by Crippen LogP contribution is 2.08. The molecule has 5 nitrogen and oxygen atoms in total. The van der Waals surface area contributed by atoms with Gasteiger partial charge in [-0.2, -0.15) is 0 Å². The average molecular weight is 203 g/mol. The van der Waals surface area contributed by atoms with Gasteiger partial charge in [0.05, 0.1) is 23.1 Å². The van der Waals surface area contributed by atoms with E-state index in [1.807, 2.05) is 6.92 Å². The van der Waals surface area contributed by atoms with Crippen LogP contribution in [0.25, 0.3) is 5.69 Å². The number of rotatable bonds is 2. The van der Waals surface area contributed by atoms with Crippen molar-refractivity contribution in [2.24, 2.45) is 0 Å². The third-order valence-electron chi connectivity index (χ3n) is 1.99. The molecule has 0 atom stereocenters. The topological polar surface area (TPSA) is 68.0 Å². The molecule has 0 bridgehead atoms. The van der Waals surface area contributed by atoms with Crippen LogP contribution >= 0.6 is 0 Å². The lowest BCUT2D eigenvalue weighted by Gasteiger charge is -1.99. The van der Waals surface area contributed by atoms with E-state index in [0.29, 0.717) is 0 Å². The van der Waals surface area contributed by atoms with Gasteiger partial charge in [-0.1, -0.05) is 5.21 Å². The summed E-state index contributed by atoms with van der Waals surface area (Å²) in [6.45, 7) is 1.84. The summed E-state index contributed by atoms with van der Waals surface area (Å²) in [4.78, 5) is 10.6. The van der Waals surface area contributed by atoms with Gasteiger partial charge in [-0.3, -0.25) is 0 Å². The van der Waals surface area contributed by atoms with Gasteiger partial charge in [0.15, 0.2) is 0 Å². The van der Waals surface area contributed by atoms with Crippen molar-refractivity contribution in [3.63, 3.8) is 0 Å². The van der Waals surface area contributed by atoms with Gasteiger partial charge in [-0.25, -0.2) is 9.48 Å². The minimum Gasteiger partial charge on any atom is -0.478 e. The molecule has 76 valence electrons. The van der Waals surface area contributed by atoms with Crippen LogP contribution in [0.5, 0.6) is 0 Å². The molecule has 0 radical (unpaired) electrons. The van der Waals surface area contributed by atoms with Crippen LogP contribution in [0.4, 0.5) is 0 Å². The zero-order valence-electron chi connectivity index (χ0n) is 8.08. The van der Waals surface area contributed by atoms with Crippen molar-refractivity contribution in [3.8, 4) is 5.69 Å². The van der Waals surface area contributed by atoms with E-state index in [4.69, 9.17) is 5.11 Å². The Balaban J connectivity index is 2.35. The van der Waals surface area contributed by atoms with Gasteiger partial charge in [0.1, 0.15) is 0 Å². The number of hydrogen-bond acceptors (Lipinski definition) is 3. The maximum Gasteiger partial charge on any atom is 0.335 e. The lowest BCUT2D eigenvalue weighted by Crippen LogP contribution is -1.98. The van der Waals surface area contributed by atoms with E-state index in [2.05, 4.69) is 10.3 Å². The highest BCUT2D eigenvalue weighted by atomic mass is 16.4. The molecule has 1 heterocycles. The number of aromatic carboxylic acids is 1. The fourth-order valence-corrected chi connectivity index (χ4v) is 1.23. The molecule has 2 aromatic rings. The lowest BCUT2D eigenvalue weighted by molar-refractivity contribution is 0.0697. The molecule has 0 unspecified atom stereocenters. The predicted molar refractivity (Wildman–Crippen MR) is 53.1 cm³/mol. The molecule has 1 N–H and O–H groups in total. The second kappa shape index (κ2) is 3.53. The van der Waals surface area contributed by atoms with Crippen molar-refractivity contribution >= 4 is 5.97 Å². The number of aromatic nitrogens is 3. The van der Waals surface area contributed by atoms with Crippen LogP contribution in [-0.4, -0.2) is 26.1 Å². The van der Waals surface area contributed by atoms with Gasteiger partial charge >= 0.3 is 5.97 Å². The molecule has 2 rings (SSSR count). The standard InChI is InChI=1S/C10H9N3O2/c1-7-6-13(12-11-7)9-4-2-8(3-5-9)10(14)15/h2-6H,1H3,(H,14,15). The summed E-state index contributed by atoms with van der Waals surface area (Å²) in [7, 11) is 0. The Labute approximate surface area is 86.0 Å². The van der Waals surface area contributed by atoms with Crippen molar-refractivity contribution in [2.45, 2.75) is 6.92 Å². The van der Waals surface area contributed by atoms with E-state index >= 15 is 0 Å².